The lowest BCUT2D eigenvalue weighted by molar-refractivity contribution is -0.125. The van der Waals surface area contributed by atoms with Crippen molar-refractivity contribution in [2.75, 3.05) is 0 Å². The number of hydrogen-bond acceptors (Lipinski definition) is 2. The molecule has 2 fully saturated rings. The molecule has 2 aliphatic rings. The third kappa shape index (κ3) is 2.60. The Kier molecular flexibility index (Phi) is 3.79. The Morgan fingerprint density at radius 1 is 1.00 bits per heavy atom. The van der Waals surface area contributed by atoms with E-state index in [2.05, 4.69) is 0 Å². The van der Waals surface area contributed by atoms with Crippen LogP contribution in [0.5, 0.6) is 0 Å². The molecule has 0 radical (unpaired) electrons. The van der Waals surface area contributed by atoms with E-state index in [0.717, 1.165) is 25.7 Å². The number of aliphatic hydroxyl groups excluding tert-OH is 1. The molecular formula is C13H22O2. The van der Waals surface area contributed by atoms with Crippen molar-refractivity contribution in [2.45, 2.75) is 63.9 Å². The lowest BCUT2D eigenvalue weighted by atomic mass is 9.84. The number of carbonyl (C=O) groups is 1. The normalized spacial score (nSPS) is 31.5. The van der Waals surface area contributed by atoms with Crippen LogP contribution in [0.2, 0.25) is 0 Å². The quantitative estimate of drug-likeness (QED) is 0.711. The molecule has 15 heavy (non-hydrogen) atoms. The van der Waals surface area contributed by atoms with Crippen molar-refractivity contribution in [2.24, 2.45) is 11.8 Å². The lowest BCUT2D eigenvalue weighted by Gasteiger charge is -2.25. The molecule has 0 aromatic rings. The largest absolute Gasteiger partial charge is 0.392 e. The summed E-state index contributed by atoms with van der Waals surface area (Å²) in [7, 11) is 0. The van der Waals surface area contributed by atoms with Crippen LogP contribution < -0.4 is 0 Å². The average molecular weight is 210 g/mol. The minimum atomic E-state index is -0.335. The van der Waals surface area contributed by atoms with Gasteiger partial charge < -0.3 is 5.11 Å². The van der Waals surface area contributed by atoms with Gasteiger partial charge in [0.15, 0.2) is 0 Å². The van der Waals surface area contributed by atoms with Crippen LogP contribution in [0.3, 0.4) is 0 Å². The number of ketones is 1. The van der Waals surface area contributed by atoms with E-state index < -0.39 is 0 Å². The minimum Gasteiger partial charge on any atom is -0.392 e. The Hall–Kier alpha value is -0.370. The highest BCUT2D eigenvalue weighted by molar-refractivity contribution is 5.83. The van der Waals surface area contributed by atoms with Gasteiger partial charge in [0.2, 0.25) is 0 Å². The molecule has 86 valence electrons. The van der Waals surface area contributed by atoms with E-state index in [0.29, 0.717) is 18.1 Å². The SMILES string of the molecule is O=C1CCC[C@H]1[C@@H](O)C1CCCCCC1. The minimum absolute atomic E-state index is 0.0203. The summed E-state index contributed by atoms with van der Waals surface area (Å²) in [6, 6.07) is 0. The number of aliphatic hydroxyl groups is 1. The smallest absolute Gasteiger partial charge is 0.138 e. The second kappa shape index (κ2) is 5.11. The summed E-state index contributed by atoms with van der Waals surface area (Å²) in [5.74, 6) is 0.694. The fourth-order valence-corrected chi connectivity index (χ4v) is 3.18. The third-order valence-corrected chi connectivity index (χ3v) is 4.15. The van der Waals surface area contributed by atoms with Crippen molar-refractivity contribution in [3.8, 4) is 0 Å². The number of Topliss-reactive ketones (excluding diaryl/α,β-unsaturated/α-hetero) is 1. The third-order valence-electron chi connectivity index (χ3n) is 4.15. The molecule has 2 rings (SSSR count). The van der Waals surface area contributed by atoms with Crippen LogP contribution in [-0.4, -0.2) is 17.0 Å². The van der Waals surface area contributed by atoms with Crippen molar-refractivity contribution in [1.82, 2.24) is 0 Å². The number of rotatable bonds is 2. The molecule has 0 aromatic heterocycles. The molecule has 0 aliphatic heterocycles. The van der Waals surface area contributed by atoms with Crippen molar-refractivity contribution < 1.29 is 9.90 Å². The van der Waals surface area contributed by atoms with Crippen molar-refractivity contribution in [3.63, 3.8) is 0 Å². The van der Waals surface area contributed by atoms with E-state index in [1.165, 1.54) is 25.7 Å². The summed E-state index contributed by atoms with van der Waals surface area (Å²) >= 11 is 0. The molecule has 1 N–H and O–H groups in total. The molecule has 2 saturated carbocycles. The lowest BCUT2D eigenvalue weighted by Crippen LogP contribution is -2.31. The van der Waals surface area contributed by atoms with Gasteiger partial charge in [-0.15, -0.1) is 0 Å². The van der Waals surface area contributed by atoms with Crippen molar-refractivity contribution in [1.29, 1.82) is 0 Å². The van der Waals surface area contributed by atoms with Crippen LogP contribution in [0.25, 0.3) is 0 Å². The van der Waals surface area contributed by atoms with E-state index in [9.17, 15) is 9.90 Å². The topological polar surface area (TPSA) is 37.3 Å². The summed E-state index contributed by atoms with van der Waals surface area (Å²) in [5.41, 5.74) is 0. The Bertz CT molecular complexity index is 217. The van der Waals surface area contributed by atoms with Gasteiger partial charge in [-0.25, -0.2) is 0 Å². The maximum absolute atomic E-state index is 11.6. The van der Waals surface area contributed by atoms with Crippen molar-refractivity contribution in [3.05, 3.63) is 0 Å². The summed E-state index contributed by atoms with van der Waals surface area (Å²) in [6.45, 7) is 0. The van der Waals surface area contributed by atoms with Gasteiger partial charge in [0.05, 0.1) is 6.10 Å². The summed E-state index contributed by atoms with van der Waals surface area (Å²) in [5, 5.41) is 10.2. The van der Waals surface area contributed by atoms with Gasteiger partial charge in [0.1, 0.15) is 5.78 Å². The fraction of sp³-hybridized carbons (Fsp3) is 0.923. The van der Waals surface area contributed by atoms with Gasteiger partial charge in [0, 0.05) is 12.3 Å². The zero-order valence-corrected chi connectivity index (χ0v) is 9.45. The maximum atomic E-state index is 11.6. The van der Waals surface area contributed by atoms with Crippen LogP contribution in [0.15, 0.2) is 0 Å². The molecule has 0 spiro atoms. The van der Waals surface area contributed by atoms with E-state index in [1.807, 2.05) is 0 Å². The van der Waals surface area contributed by atoms with Gasteiger partial charge >= 0.3 is 0 Å². The molecule has 0 unspecified atom stereocenters. The zero-order chi connectivity index (χ0) is 10.7. The zero-order valence-electron chi connectivity index (χ0n) is 9.45. The first-order valence-corrected chi connectivity index (χ1v) is 6.50. The Morgan fingerprint density at radius 3 is 2.20 bits per heavy atom. The highest BCUT2D eigenvalue weighted by Gasteiger charge is 2.35. The number of carbonyl (C=O) groups excluding carboxylic acids is 1. The van der Waals surface area contributed by atoms with Gasteiger partial charge in [0.25, 0.3) is 0 Å². The van der Waals surface area contributed by atoms with Gasteiger partial charge in [-0.1, -0.05) is 25.7 Å². The average Bonchev–Trinajstić information content (AvgIpc) is 2.53. The summed E-state index contributed by atoms with van der Waals surface area (Å²) < 4.78 is 0. The molecule has 0 heterocycles. The highest BCUT2D eigenvalue weighted by Crippen LogP contribution is 2.34. The van der Waals surface area contributed by atoms with Crippen LogP contribution in [0, 0.1) is 11.8 Å². The van der Waals surface area contributed by atoms with E-state index in [-0.39, 0.29) is 12.0 Å². The molecule has 0 saturated heterocycles. The monoisotopic (exact) mass is 210 g/mol. The van der Waals surface area contributed by atoms with Crippen LogP contribution >= 0.6 is 0 Å². The second-order valence-corrected chi connectivity index (χ2v) is 5.21. The second-order valence-electron chi connectivity index (χ2n) is 5.21. The Labute approximate surface area is 92.1 Å². The molecule has 2 nitrogen and oxygen atoms in total. The fourth-order valence-electron chi connectivity index (χ4n) is 3.18. The maximum Gasteiger partial charge on any atom is 0.138 e. The summed E-state index contributed by atoms with van der Waals surface area (Å²) in [6.07, 6.45) is 9.64. The predicted molar refractivity (Wildman–Crippen MR) is 59.5 cm³/mol. The van der Waals surface area contributed by atoms with Crippen molar-refractivity contribution >= 4 is 5.78 Å². The predicted octanol–water partition coefficient (Wildman–Crippen LogP) is 2.69. The Morgan fingerprint density at radius 2 is 1.67 bits per heavy atom. The van der Waals surface area contributed by atoms with E-state index >= 15 is 0 Å². The first kappa shape index (κ1) is 11.1. The van der Waals surface area contributed by atoms with E-state index in [1.54, 1.807) is 0 Å². The standard InChI is InChI=1S/C13H22O2/c14-12-9-5-8-11(12)13(15)10-6-3-1-2-4-7-10/h10-11,13,15H,1-9H2/t11-,13+/m1/s1. The highest BCUT2D eigenvalue weighted by atomic mass is 16.3. The first-order valence-electron chi connectivity index (χ1n) is 6.50. The van der Waals surface area contributed by atoms with Crippen LogP contribution in [-0.2, 0) is 4.79 Å². The molecular weight excluding hydrogens is 188 g/mol. The number of hydrogen-bond donors (Lipinski definition) is 1. The van der Waals surface area contributed by atoms with Gasteiger partial charge in [-0.05, 0) is 31.6 Å². The molecule has 0 aromatic carbocycles. The molecule has 2 aliphatic carbocycles. The Balaban J connectivity index is 1.92. The first-order chi connectivity index (χ1) is 7.29. The molecule has 2 heteroatoms. The molecule has 0 amide bonds. The summed E-state index contributed by atoms with van der Waals surface area (Å²) in [4.78, 5) is 11.6. The molecule has 0 bridgehead atoms. The van der Waals surface area contributed by atoms with Crippen LogP contribution in [0.4, 0.5) is 0 Å². The molecule has 2 atom stereocenters. The van der Waals surface area contributed by atoms with Gasteiger partial charge in [-0.3, -0.25) is 4.79 Å². The van der Waals surface area contributed by atoms with Crippen LogP contribution in [0.1, 0.15) is 57.8 Å². The van der Waals surface area contributed by atoms with E-state index in [4.69, 9.17) is 0 Å². The van der Waals surface area contributed by atoms with Gasteiger partial charge in [-0.2, -0.15) is 0 Å².